The molecule has 5 nitrogen and oxygen atoms in total. The fraction of sp³-hybridized carbons (Fsp3) is 0.222. The molecule has 0 bridgehead atoms. The van der Waals surface area contributed by atoms with Crippen molar-refractivity contribution in [2.75, 3.05) is 21.3 Å². The number of carbonyl (C=O) groups is 2. The third-order valence-electron chi connectivity index (χ3n) is 3.46. The highest BCUT2D eigenvalue weighted by Gasteiger charge is 2.13. The Balaban J connectivity index is 2.07. The smallest absolute Gasteiger partial charge is 0.337 e. The van der Waals surface area contributed by atoms with Crippen LogP contribution in [0.2, 0.25) is 0 Å². The normalized spacial score (nSPS) is 10.0. The molecule has 0 aliphatic carbocycles. The van der Waals surface area contributed by atoms with E-state index in [4.69, 9.17) is 4.74 Å². The molecule has 5 heteroatoms. The van der Waals surface area contributed by atoms with E-state index in [0.717, 1.165) is 5.56 Å². The van der Waals surface area contributed by atoms with Crippen LogP contribution in [0.15, 0.2) is 48.5 Å². The van der Waals surface area contributed by atoms with Crippen LogP contribution in [0.1, 0.15) is 26.3 Å². The van der Waals surface area contributed by atoms with Gasteiger partial charge in [-0.15, -0.1) is 0 Å². The van der Waals surface area contributed by atoms with Gasteiger partial charge in [-0.1, -0.05) is 18.2 Å². The Morgan fingerprint density at radius 1 is 1.00 bits per heavy atom. The van der Waals surface area contributed by atoms with Gasteiger partial charge in [-0.2, -0.15) is 0 Å². The Labute approximate surface area is 135 Å². The number of hydrogen-bond donors (Lipinski definition) is 0. The Morgan fingerprint density at radius 2 is 1.70 bits per heavy atom. The second-order valence-corrected chi connectivity index (χ2v) is 5.08. The highest BCUT2D eigenvalue weighted by Crippen LogP contribution is 2.15. The molecule has 0 fully saturated rings. The third-order valence-corrected chi connectivity index (χ3v) is 3.46. The summed E-state index contributed by atoms with van der Waals surface area (Å²) < 4.78 is 9.79. The standard InChI is InChI=1S/C18H19NO4/c1-19(17(20)15-5-4-6-16(11-15)22-2)12-13-7-9-14(10-8-13)18(21)23-3/h4-11H,12H2,1-3H3. The van der Waals surface area contributed by atoms with Crippen LogP contribution in [0.5, 0.6) is 5.75 Å². The molecule has 2 aromatic carbocycles. The van der Waals surface area contributed by atoms with Gasteiger partial charge < -0.3 is 14.4 Å². The molecule has 23 heavy (non-hydrogen) atoms. The first kappa shape index (κ1) is 16.5. The van der Waals surface area contributed by atoms with Gasteiger partial charge in [-0.25, -0.2) is 4.79 Å². The third kappa shape index (κ3) is 4.10. The predicted octanol–water partition coefficient (Wildman–Crippen LogP) is 2.75. The predicted molar refractivity (Wildman–Crippen MR) is 86.6 cm³/mol. The van der Waals surface area contributed by atoms with E-state index in [0.29, 0.717) is 23.4 Å². The van der Waals surface area contributed by atoms with E-state index in [1.165, 1.54) is 7.11 Å². The number of carbonyl (C=O) groups excluding carboxylic acids is 2. The van der Waals surface area contributed by atoms with Crippen molar-refractivity contribution >= 4 is 11.9 Å². The summed E-state index contributed by atoms with van der Waals surface area (Å²) in [6, 6.07) is 14.0. The minimum absolute atomic E-state index is 0.0963. The largest absolute Gasteiger partial charge is 0.497 e. The van der Waals surface area contributed by atoms with Gasteiger partial charge in [0, 0.05) is 19.2 Å². The van der Waals surface area contributed by atoms with Crippen molar-refractivity contribution < 1.29 is 19.1 Å². The van der Waals surface area contributed by atoms with E-state index >= 15 is 0 Å². The Kier molecular flexibility index (Phi) is 5.36. The summed E-state index contributed by atoms with van der Waals surface area (Å²) in [5, 5.41) is 0. The molecule has 2 aromatic rings. The van der Waals surface area contributed by atoms with Crippen LogP contribution in [0.3, 0.4) is 0 Å². The zero-order valence-electron chi connectivity index (χ0n) is 13.4. The van der Waals surface area contributed by atoms with E-state index in [-0.39, 0.29) is 11.9 Å². The molecule has 0 N–H and O–H groups in total. The van der Waals surface area contributed by atoms with Crippen molar-refractivity contribution in [2.24, 2.45) is 0 Å². The minimum Gasteiger partial charge on any atom is -0.497 e. The first-order valence-electron chi connectivity index (χ1n) is 7.12. The number of hydrogen-bond acceptors (Lipinski definition) is 4. The topological polar surface area (TPSA) is 55.8 Å². The number of rotatable bonds is 5. The lowest BCUT2D eigenvalue weighted by Gasteiger charge is -2.18. The summed E-state index contributed by atoms with van der Waals surface area (Å²) in [7, 11) is 4.64. The van der Waals surface area contributed by atoms with Gasteiger partial charge in [0.2, 0.25) is 0 Å². The fourth-order valence-electron chi connectivity index (χ4n) is 2.19. The van der Waals surface area contributed by atoms with E-state index in [1.54, 1.807) is 55.5 Å². The molecular weight excluding hydrogens is 294 g/mol. The van der Waals surface area contributed by atoms with Crippen LogP contribution in [-0.4, -0.2) is 38.0 Å². The maximum absolute atomic E-state index is 12.4. The van der Waals surface area contributed by atoms with Gasteiger partial charge in [0.25, 0.3) is 5.91 Å². The lowest BCUT2D eigenvalue weighted by atomic mass is 10.1. The molecule has 0 radical (unpaired) electrons. The summed E-state index contributed by atoms with van der Waals surface area (Å²) in [5.41, 5.74) is 1.98. The van der Waals surface area contributed by atoms with E-state index in [9.17, 15) is 9.59 Å². The molecule has 0 spiro atoms. The highest BCUT2D eigenvalue weighted by atomic mass is 16.5. The van der Waals surface area contributed by atoms with E-state index in [1.807, 2.05) is 12.1 Å². The molecule has 0 aromatic heterocycles. The molecule has 0 unspecified atom stereocenters. The zero-order chi connectivity index (χ0) is 16.8. The van der Waals surface area contributed by atoms with Crippen LogP contribution in [-0.2, 0) is 11.3 Å². The molecule has 0 aliphatic heterocycles. The van der Waals surface area contributed by atoms with Crippen molar-refractivity contribution in [3.63, 3.8) is 0 Å². The van der Waals surface area contributed by atoms with Crippen molar-refractivity contribution in [3.05, 3.63) is 65.2 Å². The van der Waals surface area contributed by atoms with Crippen LogP contribution >= 0.6 is 0 Å². The van der Waals surface area contributed by atoms with E-state index in [2.05, 4.69) is 4.74 Å². The van der Waals surface area contributed by atoms with Gasteiger partial charge in [0.1, 0.15) is 5.75 Å². The average Bonchev–Trinajstić information content (AvgIpc) is 2.61. The molecule has 2 rings (SSSR count). The molecule has 120 valence electrons. The maximum Gasteiger partial charge on any atom is 0.337 e. The fourth-order valence-corrected chi connectivity index (χ4v) is 2.19. The summed E-state index contributed by atoms with van der Waals surface area (Å²) in [5.74, 6) is 0.171. The minimum atomic E-state index is -0.377. The van der Waals surface area contributed by atoms with Crippen molar-refractivity contribution in [1.82, 2.24) is 4.90 Å². The second kappa shape index (κ2) is 7.45. The summed E-state index contributed by atoms with van der Waals surface area (Å²) in [4.78, 5) is 25.4. The Morgan fingerprint density at radius 3 is 2.30 bits per heavy atom. The lowest BCUT2D eigenvalue weighted by Crippen LogP contribution is -2.26. The number of nitrogens with zero attached hydrogens (tertiary/aromatic N) is 1. The lowest BCUT2D eigenvalue weighted by molar-refractivity contribution is 0.0600. The molecule has 0 atom stereocenters. The second-order valence-electron chi connectivity index (χ2n) is 5.08. The number of amides is 1. The van der Waals surface area contributed by atoms with E-state index < -0.39 is 0 Å². The number of esters is 1. The summed E-state index contributed by atoms with van der Waals surface area (Å²) in [6.07, 6.45) is 0. The average molecular weight is 313 g/mol. The zero-order valence-corrected chi connectivity index (χ0v) is 13.4. The molecular formula is C18H19NO4. The van der Waals surface area contributed by atoms with Crippen molar-refractivity contribution in [1.29, 1.82) is 0 Å². The SMILES string of the molecule is COC(=O)c1ccc(CN(C)C(=O)c2cccc(OC)c2)cc1. The van der Waals surface area contributed by atoms with Crippen LogP contribution in [0.25, 0.3) is 0 Å². The van der Waals surface area contributed by atoms with Crippen molar-refractivity contribution in [3.8, 4) is 5.75 Å². The quantitative estimate of drug-likeness (QED) is 0.797. The van der Waals surface area contributed by atoms with Gasteiger partial charge in [0.05, 0.1) is 19.8 Å². The number of methoxy groups -OCH3 is 2. The first-order valence-corrected chi connectivity index (χ1v) is 7.12. The molecule has 0 aliphatic rings. The molecule has 0 saturated heterocycles. The molecule has 1 amide bonds. The monoisotopic (exact) mass is 313 g/mol. The molecule has 0 saturated carbocycles. The highest BCUT2D eigenvalue weighted by molar-refractivity contribution is 5.94. The maximum atomic E-state index is 12.4. The summed E-state index contributed by atoms with van der Waals surface area (Å²) >= 11 is 0. The molecule has 0 heterocycles. The van der Waals surface area contributed by atoms with Crippen LogP contribution in [0, 0.1) is 0 Å². The number of ether oxygens (including phenoxy) is 2. The van der Waals surface area contributed by atoms with Gasteiger partial charge >= 0.3 is 5.97 Å². The van der Waals surface area contributed by atoms with Crippen LogP contribution < -0.4 is 4.74 Å². The van der Waals surface area contributed by atoms with Gasteiger partial charge in [-0.05, 0) is 35.9 Å². The first-order chi connectivity index (χ1) is 11.0. The van der Waals surface area contributed by atoms with Crippen molar-refractivity contribution in [2.45, 2.75) is 6.54 Å². The summed E-state index contributed by atoms with van der Waals surface area (Å²) in [6.45, 7) is 0.442. The Bertz CT molecular complexity index is 694. The van der Waals surface area contributed by atoms with Crippen LogP contribution in [0.4, 0.5) is 0 Å². The van der Waals surface area contributed by atoms with Gasteiger partial charge in [-0.3, -0.25) is 4.79 Å². The Hall–Kier alpha value is -2.82. The van der Waals surface area contributed by atoms with Gasteiger partial charge in [0.15, 0.2) is 0 Å². The number of benzene rings is 2.